The molecular weight excluding hydrogens is 474 g/mol. The molecule has 1 aromatic heterocycles. The first-order valence-corrected chi connectivity index (χ1v) is 11.9. The number of ether oxygens (including phenoxy) is 1. The summed E-state index contributed by atoms with van der Waals surface area (Å²) in [6.07, 6.45) is -2.68. The normalized spacial score (nSPS) is 19.6. The molecule has 0 amide bonds. The van der Waals surface area contributed by atoms with E-state index in [2.05, 4.69) is 34.2 Å². The predicted octanol–water partition coefficient (Wildman–Crippen LogP) is 6.02. The Kier molecular flexibility index (Phi) is 7.01. The number of nitrogens with zero attached hydrogens (tertiary/aromatic N) is 3. The van der Waals surface area contributed by atoms with Crippen LogP contribution in [0.25, 0.3) is 10.9 Å². The van der Waals surface area contributed by atoms with Gasteiger partial charge >= 0.3 is 6.18 Å². The summed E-state index contributed by atoms with van der Waals surface area (Å²) in [5.74, 6) is 0.155. The molecule has 3 N–H and O–H groups in total. The molecule has 0 saturated carbocycles. The molecular formula is C26H31F4N5O. The van der Waals surface area contributed by atoms with Crippen LogP contribution in [0.2, 0.25) is 0 Å². The number of alkyl halides is 3. The van der Waals surface area contributed by atoms with E-state index in [-0.39, 0.29) is 11.3 Å². The Morgan fingerprint density at radius 2 is 1.89 bits per heavy atom. The molecule has 0 radical (unpaired) electrons. The lowest BCUT2D eigenvalue weighted by Crippen LogP contribution is -2.34. The summed E-state index contributed by atoms with van der Waals surface area (Å²) in [6, 6.07) is 5.49. The minimum absolute atomic E-state index is 0.173. The molecule has 0 bridgehead atoms. The number of hydrogen-bond acceptors (Lipinski definition) is 6. The van der Waals surface area contributed by atoms with Gasteiger partial charge in [-0.2, -0.15) is 13.2 Å². The summed E-state index contributed by atoms with van der Waals surface area (Å²) >= 11 is 0. The van der Waals surface area contributed by atoms with Gasteiger partial charge in [0.1, 0.15) is 29.8 Å². The van der Waals surface area contributed by atoms with Crippen LogP contribution in [0.15, 0.2) is 24.3 Å². The zero-order chi connectivity index (χ0) is 26.4. The first-order chi connectivity index (χ1) is 16.8. The maximum atomic E-state index is 14.8. The van der Waals surface area contributed by atoms with Crippen LogP contribution in [0.1, 0.15) is 55.2 Å². The molecule has 36 heavy (non-hydrogen) atoms. The van der Waals surface area contributed by atoms with Crippen molar-refractivity contribution >= 4 is 22.4 Å². The van der Waals surface area contributed by atoms with Crippen LogP contribution in [0.5, 0.6) is 5.75 Å². The van der Waals surface area contributed by atoms with E-state index in [9.17, 15) is 17.6 Å². The fraction of sp³-hybridized carbons (Fsp3) is 0.462. The third kappa shape index (κ3) is 5.18. The number of fused-ring (bicyclic) bond motifs is 1. The van der Waals surface area contributed by atoms with Crippen LogP contribution in [0.4, 0.5) is 29.1 Å². The maximum absolute atomic E-state index is 14.8. The molecule has 1 saturated heterocycles. The van der Waals surface area contributed by atoms with Crippen LogP contribution in [0, 0.1) is 19.7 Å². The average Bonchev–Trinajstić information content (AvgIpc) is 3.10. The van der Waals surface area contributed by atoms with Gasteiger partial charge in [0.2, 0.25) is 0 Å². The highest BCUT2D eigenvalue weighted by molar-refractivity contribution is 5.91. The number of likely N-dealkylation sites (N-methyl/N-ethyl adjacent to an activating group) is 1. The molecule has 2 aromatic carbocycles. The molecule has 10 heteroatoms. The Bertz CT molecular complexity index is 1280. The van der Waals surface area contributed by atoms with Gasteiger partial charge in [0.25, 0.3) is 0 Å². The first-order valence-electron chi connectivity index (χ1n) is 11.9. The van der Waals surface area contributed by atoms with Crippen molar-refractivity contribution in [2.24, 2.45) is 0 Å². The first kappa shape index (κ1) is 25.9. The third-order valence-corrected chi connectivity index (χ3v) is 6.97. The topological polar surface area (TPSA) is 76.3 Å². The van der Waals surface area contributed by atoms with Gasteiger partial charge < -0.3 is 15.8 Å². The summed E-state index contributed by atoms with van der Waals surface area (Å²) in [4.78, 5) is 11.3. The molecule has 3 atom stereocenters. The van der Waals surface area contributed by atoms with Crippen LogP contribution in [0.3, 0.4) is 0 Å². The van der Waals surface area contributed by atoms with Crippen LogP contribution < -0.4 is 15.8 Å². The average molecular weight is 506 g/mol. The van der Waals surface area contributed by atoms with E-state index in [0.717, 1.165) is 18.4 Å². The van der Waals surface area contributed by atoms with Crippen molar-refractivity contribution in [3.8, 4) is 5.75 Å². The standard InChI is InChI=1S/C26H31F4N5O/c1-13-8-22-20(11-23(13)36-12-18-7-6-14(2)35(18)5)25(34-16(4)33-22)32-15(3)19-9-17(31)10-21(24(19)27)26(28,29)30/h8-11,14-15,18H,6-7,12,31H2,1-5H3,(H,32,33,34)/t14-,15-,18+/m1/s1. The minimum Gasteiger partial charge on any atom is -0.492 e. The second kappa shape index (κ2) is 9.72. The molecule has 194 valence electrons. The number of halogens is 4. The number of aryl methyl sites for hydroxylation is 2. The maximum Gasteiger partial charge on any atom is 0.419 e. The lowest BCUT2D eigenvalue weighted by atomic mass is 10.0. The third-order valence-electron chi connectivity index (χ3n) is 6.97. The highest BCUT2D eigenvalue weighted by atomic mass is 19.4. The molecule has 1 aliphatic heterocycles. The fourth-order valence-corrected chi connectivity index (χ4v) is 4.70. The quantitative estimate of drug-likeness (QED) is 0.315. The smallest absolute Gasteiger partial charge is 0.419 e. The van der Waals surface area contributed by atoms with Crippen LogP contribution in [-0.4, -0.2) is 40.6 Å². The fourth-order valence-electron chi connectivity index (χ4n) is 4.70. The summed E-state index contributed by atoms with van der Waals surface area (Å²) < 4.78 is 61.0. The largest absolute Gasteiger partial charge is 0.492 e. The van der Waals surface area contributed by atoms with Crippen molar-refractivity contribution in [2.75, 3.05) is 24.7 Å². The van der Waals surface area contributed by atoms with Gasteiger partial charge in [-0.1, -0.05) is 0 Å². The van der Waals surface area contributed by atoms with E-state index in [1.165, 1.54) is 6.07 Å². The summed E-state index contributed by atoms with van der Waals surface area (Å²) in [5, 5.41) is 3.69. The second-order valence-corrected chi connectivity index (χ2v) is 9.65. The zero-order valence-corrected chi connectivity index (χ0v) is 21.0. The molecule has 1 aliphatic rings. The molecule has 1 fully saturated rings. The monoisotopic (exact) mass is 505 g/mol. The van der Waals surface area contributed by atoms with Crippen molar-refractivity contribution in [2.45, 2.75) is 64.8 Å². The summed E-state index contributed by atoms with van der Waals surface area (Å²) in [6.45, 7) is 7.94. The van der Waals surface area contributed by atoms with Gasteiger partial charge in [-0.25, -0.2) is 14.4 Å². The number of rotatable bonds is 6. The highest BCUT2D eigenvalue weighted by Gasteiger charge is 2.36. The number of aromatic nitrogens is 2. The molecule has 2 heterocycles. The Morgan fingerprint density at radius 1 is 1.17 bits per heavy atom. The molecule has 4 rings (SSSR count). The Morgan fingerprint density at radius 3 is 2.53 bits per heavy atom. The number of likely N-dealkylation sites (tertiary alicyclic amines) is 1. The van der Waals surface area contributed by atoms with E-state index in [1.807, 2.05) is 19.1 Å². The Labute approximate surface area is 207 Å². The van der Waals surface area contributed by atoms with Gasteiger partial charge in [-0.15, -0.1) is 0 Å². The van der Waals surface area contributed by atoms with Crippen molar-refractivity contribution in [3.05, 3.63) is 52.6 Å². The molecule has 6 nitrogen and oxygen atoms in total. The molecule has 0 unspecified atom stereocenters. The lowest BCUT2D eigenvalue weighted by Gasteiger charge is -2.24. The number of benzene rings is 2. The van der Waals surface area contributed by atoms with E-state index in [0.29, 0.717) is 53.1 Å². The predicted molar refractivity (Wildman–Crippen MR) is 133 cm³/mol. The lowest BCUT2D eigenvalue weighted by molar-refractivity contribution is -0.140. The number of nitrogen functional groups attached to an aromatic ring is 1. The van der Waals surface area contributed by atoms with E-state index >= 15 is 0 Å². The minimum atomic E-state index is -4.86. The van der Waals surface area contributed by atoms with Gasteiger partial charge in [-0.05, 0) is 77.4 Å². The second-order valence-electron chi connectivity index (χ2n) is 9.65. The van der Waals surface area contributed by atoms with Crippen molar-refractivity contribution in [3.63, 3.8) is 0 Å². The van der Waals surface area contributed by atoms with Crippen molar-refractivity contribution in [1.29, 1.82) is 0 Å². The van der Waals surface area contributed by atoms with Crippen molar-refractivity contribution in [1.82, 2.24) is 14.9 Å². The Hall–Kier alpha value is -3.14. The van der Waals surface area contributed by atoms with Gasteiger partial charge in [0.05, 0.1) is 17.1 Å². The number of nitrogens with two attached hydrogens (primary N) is 1. The number of nitrogens with one attached hydrogen (secondary N) is 1. The Balaban J connectivity index is 1.66. The summed E-state index contributed by atoms with van der Waals surface area (Å²) in [5.41, 5.74) is 5.46. The van der Waals surface area contributed by atoms with Crippen molar-refractivity contribution < 1.29 is 22.3 Å². The van der Waals surface area contributed by atoms with Crippen LogP contribution >= 0.6 is 0 Å². The SMILES string of the molecule is Cc1nc(N[C@H](C)c2cc(N)cc(C(F)(F)F)c2F)c2cc(OC[C@@H]3CC[C@@H](C)N3C)c(C)cc2n1. The van der Waals surface area contributed by atoms with Gasteiger partial charge in [0, 0.05) is 28.7 Å². The molecule has 3 aromatic rings. The summed E-state index contributed by atoms with van der Waals surface area (Å²) in [7, 11) is 2.10. The highest BCUT2D eigenvalue weighted by Crippen LogP contribution is 2.37. The molecule has 0 aliphatic carbocycles. The zero-order valence-electron chi connectivity index (χ0n) is 21.0. The number of anilines is 2. The van der Waals surface area contributed by atoms with E-state index in [1.54, 1.807) is 13.8 Å². The van der Waals surface area contributed by atoms with Gasteiger partial charge in [0.15, 0.2) is 0 Å². The van der Waals surface area contributed by atoms with Gasteiger partial charge in [-0.3, -0.25) is 4.90 Å². The molecule has 0 spiro atoms. The van der Waals surface area contributed by atoms with E-state index < -0.39 is 23.6 Å². The van der Waals surface area contributed by atoms with Crippen LogP contribution in [-0.2, 0) is 6.18 Å². The van der Waals surface area contributed by atoms with E-state index in [4.69, 9.17) is 10.5 Å². The number of hydrogen-bond donors (Lipinski definition) is 2.